The van der Waals surface area contributed by atoms with Gasteiger partial charge in [-0.1, -0.05) is 6.07 Å². The SMILES string of the molecule is COc1ccc(-c2cnc(NCc3cccnc3)o2)cc1OC. The molecular formula is C17H17N3O3. The number of nitrogens with zero attached hydrogens (tertiary/aromatic N) is 2. The Morgan fingerprint density at radius 2 is 1.96 bits per heavy atom. The first kappa shape index (κ1) is 14.9. The molecule has 118 valence electrons. The number of methoxy groups -OCH3 is 2. The average molecular weight is 311 g/mol. The van der Waals surface area contributed by atoms with E-state index in [0.29, 0.717) is 29.8 Å². The largest absolute Gasteiger partial charge is 0.493 e. The topological polar surface area (TPSA) is 69.4 Å². The Balaban J connectivity index is 1.74. The quantitative estimate of drug-likeness (QED) is 0.752. The van der Waals surface area contributed by atoms with Crippen molar-refractivity contribution in [1.82, 2.24) is 9.97 Å². The standard InChI is InChI=1S/C17H17N3O3/c1-21-14-6-5-13(8-15(14)22-2)16-11-20-17(23-16)19-10-12-4-3-7-18-9-12/h3-9,11H,10H2,1-2H3,(H,19,20). The maximum atomic E-state index is 5.73. The summed E-state index contributed by atoms with van der Waals surface area (Å²) in [7, 11) is 3.20. The van der Waals surface area contributed by atoms with E-state index in [2.05, 4.69) is 15.3 Å². The van der Waals surface area contributed by atoms with Gasteiger partial charge in [-0.05, 0) is 29.8 Å². The lowest BCUT2D eigenvalue weighted by atomic mass is 10.1. The molecule has 0 unspecified atom stereocenters. The lowest BCUT2D eigenvalue weighted by molar-refractivity contribution is 0.355. The molecule has 0 aliphatic rings. The maximum absolute atomic E-state index is 5.73. The number of pyridine rings is 1. The van der Waals surface area contributed by atoms with Gasteiger partial charge in [-0.2, -0.15) is 0 Å². The van der Waals surface area contributed by atoms with Gasteiger partial charge in [0.1, 0.15) is 0 Å². The lowest BCUT2D eigenvalue weighted by Gasteiger charge is -2.08. The molecule has 1 N–H and O–H groups in total. The first-order valence-electron chi connectivity index (χ1n) is 7.11. The van der Waals surface area contributed by atoms with Crippen molar-refractivity contribution in [2.45, 2.75) is 6.54 Å². The van der Waals surface area contributed by atoms with E-state index < -0.39 is 0 Å². The summed E-state index contributed by atoms with van der Waals surface area (Å²) in [5, 5.41) is 3.13. The Morgan fingerprint density at radius 3 is 2.70 bits per heavy atom. The van der Waals surface area contributed by atoms with Crippen LogP contribution in [-0.2, 0) is 6.54 Å². The number of oxazole rings is 1. The summed E-state index contributed by atoms with van der Waals surface area (Å²) in [6.07, 6.45) is 5.21. The van der Waals surface area contributed by atoms with Crippen LogP contribution in [0.4, 0.5) is 6.01 Å². The number of benzene rings is 1. The molecule has 3 aromatic rings. The van der Waals surface area contributed by atoms with Gasteiger partial charge in [0.25, 0.3) is 6.01 Å². The zero-order chi connectivity index (χ0) is 16.1. The monoisotopic (exact) mass is 311 g/mol. The number of nitrogens with one attached hydrogen (secondary N) is 1. The van der Waals surface area contributed by atoms with Gasteiger partial charge in [0.2, 0.25) is 0 Å². The minimum atomic E-state index is 0.457. The van der Waals surface area contributed by atoms with Gasteiger partial charge in [0.05, 0.1) is 20.4 Å². The molecule has 2 heterocycles. The Morgan fingerprint density at radius 1 is 1.09 bits per heavy atom. The molecule has 0 fully saturated rings. The highest BCUT2D eigenvalue weighted by molar-refractivity contribution is 5.62. The van der Waals surface area contributed by atoms with E-state index in [4.69, 9.17) is 13.9 Å². The average Bonchev–Trinajstić information content (AvgIpc) is 3.09. The highest BCUT2D eigenvalue weighted by Gasteiger charge is 2.10. The molecular weight excluding hydrogens is 294 g/mol. The van der Waals surface area contributed by atoms with Crippen molar-refractivity contribution in [2.75, 3.05) is 19.5 Å². The van der Waals surface area contributed by atoms with Gasteiger partial charge in [-0.15, -0.1) is 0 Å². The fourth-order valence-electron chi connectivity index (χ4n) is 2.16. The van der Waals surface area contributed by atoms with Crippen molar-refractivity contribution >= 4 is 6.01 Å². The number of rotatable bonds is 6. The van der Waals surface area contributed by atoms with E-state index in [-0.39, 0.29) is 0 Å². The number of ether oxygens (including phenoxy) is 2. The van der Waals surface area contributed by atoms with Gasteiger partial charge in [0, 0.05) is 24.5 Å². The van der Waals surface area contributed by atoms with Crippen LogP contribution in [-0.4, -0.2) is 24.2 Å². The second-order valence-corrected chi connectivity index (χ2v) is 4.81. The third-order valence-electron chi connectivity index (χ3n) is 3.34. The number of hydrogen-bond donors (Lipinski definition) is 1. The van der Waals surface area contributed by atoms with Gasteiger partial charge in [0.15, 0.2) is 17.3 Å². The second-order valence-electron chi connectivity index (χ2n) is 4.81. The molecule has 0 saturated heterocycles. The highest BCUT2D eigenvalue weighted by atomic mass is 16.5. The minimum absolute atomic E-state index is 0.457. The Kier molecular flexibility index (Phi) is 4.42. The first-order chi connectivity index (χ1) is 11.3. The second kappa shape index (κ2) is 6.83. The molecule has 1 aromatic carbocycles. The Bertz CT molecular complexity index is 772. The predicted octanol–water partition coefficient (Wildman–Crippen LogP) is 3.37. The van der Waals surface area contributed by atoms with Crippen LogP contribution >= 0.6 is 0 Å². The zero-order valence-electron chi connectivity index (χ0n) is 12.9. The van der Waals surface area contributed by atoms with Crippen molar-refractivity contribution in [3.05, 3.63) is 54.5 Å². The van der Waals surface area contributed by atoms with E-state index in [9.17, 15) is 0 Å². The molecule has 0 radical (unpaired) electrons. The van der Waals surface area contributed by atoms with Gasteiger partial charge in [-0.3, -0.25) is 4.98 Å². The van der Waals surface area contributed by atoms with Crippen molar-refractivity contribution in [3.63, 3.8) is 0 Å². The van der Waals surface area contributed by atoms with Gasteiger partial charge >= 0.3 is 0 Å². The summed E-state index contributed by atoms with van der Waals surface area (Å²) in [5.41, 5.74) is 1.92. The fourth-order valence-corrected chi connectivity index (χ4v) is 2.16. The van der Waals surface area contributed by atoms with Crippen LogP contribution in [0, 0.1) is 0 Å². The van der Waals surface area contributed by atoms with Crippen LogP contribution in [0.1, 0.15) is 5.56 Å². The van der Waals surface area contributed by atoms with Crippen molar-refractivity contribution in [1.29, 1.82) is 0 Å². The van der Waals surface area contributed by atoms with Crippen molar-refractivity contribution < 1.29 is 13.9 Å². The van der Waals surface area contributed by atoms with E-state index in [1.165, 1.54) is 0 Å². The predicted molar refractivity (Wildman–Crippen MR) is 86.6 cm³/mol. The van der Waals surface area contributed by atoms with E-state index in [1.807, 2.05) is 30.3 Å². The molecule has 6 nitrogen and oxygen atoms in total. The van der Waals surface area contributed by atoms with E-state index in [1.54, 1.807) is 32.8 Å². The van der Waals surface area contributed by atoms with Crippen LogP contribution in [0.3, 0.4) is 0 Å². The van der Waals surface area contributed by atoms with Crippen LogP contribution in [0.5, 0.6) is 11.5 Å². The molecule has 6 heteroatoms. The Hall–Kier alpha value is -3.02. The molecule has 0 spiro atoms. The molecule has 2 aromatic heterocycles. The molecule has 0 bridgehead atoms. The highest BCUT2D eigenvalue weighted by Crippen LogP contribution is 2.33. The van der Waals surface area contributed by atoms with Gasteiger partial charge < -0.3 is 19.2 Å². The smallest absolute Gasteiger partial charge is 0.295 e. The number of hydrogen-bond acceptors (Lipinski definition) is 6. The summed E-state index contributed by atoms with van der Waals surface area (Å²) < 4.78 is 16.3. The molecule has 0 atom stereocenters. The Labute approximate surface area is 134 Å². The van der Waals surface area contributed by atoms with Crippen LogP contribution < -0.4 is 14.8 Å². The van der Waals surface area contributed by atoms with Crippen LogP contribution in [0.15, 0.2) is 53.3 Å². The number of anilines is 1. The van der Waals surface area contributed by atoms with Crippen molar-refractivity contribution in [3.8, 4) is 22.8 Å². The van der Waals surface area contributed by atoms with Crippen molar-refractivity contribution in [2.24, 2.45) is 0 Å². The van der Waals surface area contributed by atoms with Crippen LogP contribution in [0.25, 0.3) is 11.3 Å². The summed E-state index contributed by atoms with van der Waals surface area (Å²) in [6.45, 7) is 0.597. The summed E-state index contributed by atoms with van der Waals surface area (Å²) in [5.74, 6) is 1.97. The van der Waals surface area contributed by atoms with Gasteiger partial charge in [-0.25, -0.2) is 4.98 Å². The minimum Gasteiger partial charge on any atom is -0.493 e. The summed E-state index contributed by atoms with van der Waals surface area (Å²) in [4.78, 5) is 8.30. The third kappa shape index (κ3) is 3.42. The normalized spacial score (nSPS) is 10.3. The van der Waals surface area contributed by atoms with E-state index >= 15 is 0 Å². The number of aromatic nitrogens is 2. The third-order valence-corrected chi connectivity index (χ3v) is 3.34. The summed E-state index contributed by atoms with van der Waals surface area (Å²) in [6, 6.07) is 9.91. The molecule has 0 saturated carbocycles. The molecule has 23 heavy (non-hydrogen) atoms. The maximum Gasteiger partial charge on any atom is 0.295 e. The van der Waals surface area contributed by atoms with E-state index in [0.717, 1.165) is 11.1 Å². The molecule has 0 amide bonds. The molecule has 0 aliphatic heterocycles. The molecule has 0 aliphatic carbocycles. The first-order valence-corrected chi connectivity index (χ1v) is 7.11. The fraction of sp³-hybridized carbons (Fsp3) is 0.176. The zero-order valence-corrected chi connectivity index (χ0v) is 12.9. The lowest BCUT2D eigenvalue weighted by Crippen LogP contribution is -1.99. The summed E-state index contributed by atoms with van der Waals surface area (Å²) >= 11 is 0. The van der Waals surface area contributed by atoms with Crippen LogP contribution in [0.2, 0.25) is 0 Å². The molecule has 3 rings (SSSR count).